The summed E-state index contributed by atoms with van der Waals surface area (Å²) >= 11 is 0. The van der Waals surface area contributed by atoms with Gasteiger partial charge in [-0.2, -0.15) is 0 Å². The lowest BCUT2D eigenvalue weighted by molar-refractivity contribution is -0.136. The fourth-order valence-corrected chi connectivity index (χ4v) is 1.71. The fourth-order valence-electron chi connectivity index (χ4n) is 1.71. The first kappa shape index (κ1) is 11.3. The molecule has 19 heavy (non-hydrogen) atoms. The summed E-state index contributed by atoms with van der Waals surface area (Å²) in [5.41, 5.74) is 2.40. The Kier molecular flexibility index (Phi) is 2.86. The van der Waals surface area contributed by atoms with E-state index in [0.717, 1.165) is 5.69 Å². The van der Waals surface area contributed by atoms with E-state index in [0.29, 0.717) is 16.8 Å². The molecule has 0 unspecified atom stereocenters. The van der Waals surface area contributed by atoms with Gasteiger partial charge in [0.15, 0.2) is 0 Å². The van der Waals surface area contributed by atoms with E-state index in [9.17, 15) is 4.79 Å². The molecule has 0 atom stereocenters. The van der Waals surface area contributed by atoms with Gasteiger partial charge in [0.1, 0.15) is 11.3 Å². The number of hydrogen-bond donors (Lipinski definition) is 1. The van der Waals surface area contributed by atoms with Gasteiger partial charge in [0.2, 0.25) is 0 Å². The van der Waals surface area contributed by atoms with Gasteiger partial charge < -0.3 is 14.6 Å². The van der Waals surface area contributed by atoms with Crippen LogP contribution in [0.25, 0.3) is 0 Å². The van der Waals surface area contributed by atoms with Gasteiger partial charge in [-0.1, -0.05) is 23.4 Å². The molecule has 0 spiro atoms. The van der Waals surface area contributed by atoms with Crippen molar-refractivity contribution in [1.82, 2.24) is 0 Å². The van der Waals surface area contributed by atoms with Crippen molar-refractivity contribution in [2.45, 2.75) is 0 Å². The van der Waals surface area contributed by atoms with Crippen LogP contribution in [0.5, 0.6) is 0 Å². The fraction of sp³-hybridized carbons (Fsp3) is 0. The molecule has 0 amide bonds. The zero-order chi connectivity index (χ0) is 13.1. The molecule has 1 N–H and O–H groups in total. The molecule has 1 aliphatic heterocycles. The molecule has 94 valence electrons. The first-order valence-electron chi connectivity index (χ1n) is 5.68. The van der Waals surface area contributed by atoms with E-state index in [1.165, 1.54) is 12.5 Å². The molecule has 0 saturated carbocycles. The first-order chi connectivity index (χ1) is 9.34. The zero-order valence-corrected chi connectivity index (χ0v) is 9.87. The molecule has 0 bridgehead atoms. The Hall–Kier alpha value is -2.82. The van der Waals surface area contributed by atoms with Crippen molar-refractivity contribution < 1.29 is 14.0 Å². The molecule has 1 aromatic heterocycles. The SMILES string of the molecule is O=C1ON=C(c2ccoc2)C1=CNc1ccccc1. The molecule has 3 rings (SSSR count). The number of hydrogen-bond acceptors (Lipinski definition) is 5. The van der Waals surface area contributed by atoms with Gasteiger partial charge in [-0.05, 0) is 18.2 Å². The summed E-state index contributed by atoms with van der Waals surface area (Å²) in [5.74, 6) is -0.486. The average molecular weight is 254 g/mol. The predicted octanol–water partition coefficient (Wildman–Crippen LogP) is 2.54. The van der Waals surface area contributed by atoms with Crippen LogP contribution in [0, 0.1) is 0 Å². The minimum Gasteiger partial charge on any atom is -0.472 e. The van der Waals surface area contributed by atoms with E-state index < -0.39 is 5.97 Å². The van der Waals surface area contributed by atoms with Gasteiger partial charge in [0, 0.05) is 17.5 Å². The van der Waals surface area contributed by atoms with Crippen LogP contribution in [-0.2, 0) is 9.63 Å². The molecule has 5 heteroatoms. The minimum atomic E-state index is -0.486. The third-order valence-corrected chi connectivity index (χ3v) is 2.65. The molecular weight excluding hydrogens is 244 g/mol. The highest BCUT2D eigenvalue weighted by Crippen LogP contribution is 2.18. The van der Waals surface area contributed by atoms with Crippen LogP contribution < -0.4 is 5.32 Å². The number of carbonyl (C=O) groups is 1. The summed E-state index contributed by atoms with van der Waals surface area (Å²) < 4.78 is 4.98. The van der Waals surface area contributed by atoms with Crippen LogP contribution in [-0.4, -0.2) is 11.7 Å². The van der Waals surface area contributed by atoms with E-state index >= 15 is 0 Å². The average Bonchev–Trinajstić information content (AvgIpc) is 3.07. The maximum Gasteiger partial charge on any atom is 0.369 e. The molecule has 1 aromatic carbocycles. The van der Waals surface area contributed by atoms with E-state index in [1.807, 2.05) is 30.3 Å². The van der Waals surface area contributed by atoms with Gasteiger partial charge in [0.25, 0.3) is 0 Å². The van der Waals surface area contributed by atoms with Crippen molar-refractivity contribution in [3.05, 3.63) is 66.3 Å². The Morgan fingerprint density at radius 2 is 2.00 bits per heavy atom. The van der Waals surface area contributed by atoms with E-state index in [2.05, 4.69) is 15.3 Å². The lowest BCUT2D eigenvalue weighted by Gasteiger charge is -2.01. The van der Waals surface area contributed by atoms with E-state index in [-0.39, 0.29) is 0 Å². The highest BCUT2D eigenvalue weighted by Gasteiger charge is 2.27. The molecule has 5 nitrogen and oxygen atoms in total. The molecule has 2 heterocycles. The van der Waals surface area contributed by atoms with E-state index in [4.69, 9.17) is 4.42 Å². The van der Waals surface area contributed by atoms with Crippen molar-refractivity contribution in [2.24, 2.45) is 5.16 Å². The lowest BCUT2D eigenvalue weighted by Crippen LogP contribution is -2.08. The largest absolute Gasteiger partial charge is 0.472 e. The summed E-state index contributed by atoms with van der Waals surface area (Å²) in [4.78, 5) is 16.3. The summed E-state index contributed by atoms with van der Waals surface area (Å²) in [6, 6.07) is 11.2. The van der Waals surface area contributed by atoms with Crippen LogP contribution in [0.4, 0.5) is 5.69 Å². The van der Waals surface area contributed by atoms with Crippen molar-refractivity contribution in [1.29, 1.82) is 0 Å². The molecular formula is C14H10N2O3. The van der Waals surface area contributed by atoms with Gasteiger partial charge in [0.05, 0.1) is 12.5 Å². The number of carbonyl (C=O) groups excluding carboxylic acids is 1. The first-order valence-corrected chi connectivity index (χ1v) is 5.68. The summed E-state index contributed by atoms with van der Waals surface area (Å²) in [5, 5.41) is 6.79. The highest BCUT2D eigenvalue weighted by atomic mass is 16.7. The van der Waals surface area contributed by atoms with Crippen LogP contribution in [0.2, 0.25) is 0 Å². The number of anilines is 1. The van der Waals surface area contributed by atoms with Crippen LogP contribution in [0.1, 0.15) is 5.56 Å². The maximum absolute atomic E-state index is 11.6. The van der Waals surface area contributed by atoms with Gasteiger partial charge in [-0.15, -0.1) is 0 Å². The lowest BCUT2D eigenvalue weighted by atomic mass is 10.1. The van der Waals surface area contributed by atoms with Crippen LogP contribution in [0.15, 0.2) is 70.3 Å². The third-order valence-electron chi connectivity index (χ3n) is 2.65. The highest BCUT2D eigenvalue weighted by molar-refractivity contribution is 6.28. The summed E-state index contributed by atoms with van der Waals surface area (Å²) in [7, 11) is 0. The van der Waals surface area contributed by atoms with E-state index in [1.54, 1.807) is 12.3 Å². The Bertz CT molecular complexity index is 643. The Morgan fingerprint density at radius 3 is 2.74 bits per heavy atom. The van der Waals surface area contributed by atoms with Gasteiger partial charge >= 0.3 is 5.97 Å². The number of nitrogens with zero attached hydrogens (tertiary/aromatic N) is 1. The van der Waals surface area contributed by atoms with Gasteiger partial charge in [-0.3, -0.25) is 0 Å². The van der Waals surface area contributed by atoms with Gasteiger partial charge in [-0.25, -0.2) is 4.79 Å². The molecule has 0 fully saturated rings. The topological polar surface area (TPSA) is 63.8 Å². The van der Waals surface area contributed by atoms with Crippen molar-refractivity contribution in [3.63, 3.8) is 0 Å². The molecule has 0 radical (unpaired) electrons. The van der Waals surface area contributed by atoms with Crippen molar-refractivity contribution >= 4 is 17.4 Å². The predicted molar refractivity (Wildman–Crippen MR) is 69.5 cm³/mol. The normalized spacial score (nSPS) is 16.3. The number of furan rings is 1. The Morgan fingerprint density at radius 1 is 1.16 bits per heavy atom. The number of rotatable bonds is 3. The van der Waals surface area contributed by atoms with Crippen LogP contribution >= 0.6 is 0 Å². The third kappa shape index (κ3) is 2.26. The summed E-state index contributed by atoms with van der Waals surface area (Å²) in [6.07, 6.45) is 4.61. The van der Waals surface area contributed by atoms with Crippen molar-refractivity contribution in [2.75, 3.05) is 5.32 Å². The van der Waals surface area contributed by atoms with Crippen LogP contribution in [0.3, 0.4) is 0 Å². The monoisotopic (exact) mass is 254 g/mol. The quantitative estimate of drug-likeness (QED) is 0.675. The summed E-state index contributed by atoms with van der Waals surface area (Å²) in [6.45, 7) is 0. The number of nitrogens with one attached hydrogen (secondary N) is 1. The second-order valence-electron chi connectivity index (χ2n) is 3.90. The van der Waals surface area contributed by atoms with Crippen molar-refractivity contribution in [3.8, 4) is 0 Å². The number of benzene rings is 1. The molecule has 0 aliphatic carbocycles. The number of oxime groups is 1. The minimum absolute atomic E-state index is 0.366. The molecule has 2 aromatic rings. The molecule has 1 aliphatic rings. The maximum atomic E-state index is 11.6. The Balaban J connectivity index is 1.86. The smallest absolute Gasteiger partial charge is 0.369 e. The zero-order valence-electron chi connectivity index (χ0n) is 9.87. The number of para-hydroxylation sites is 1. The second kappa shape index (κ2) is 4.81. The Labute approximate surface area is 109 Å². The molecule has 0 saturated heterocycles. The standard InChI is InChI=1S/C14H10N2O3/c17-14-12(8-15-11-4-2-1-3-5-11)13(16-19-14)10-6-7-18-9-10/h1-9,15H. The second-order valence-corrected chi connectivity index (χ2v) is 3.90.